The summed E-state index contributed by atoms with van der Waals surface area (Å²) in [5.74, 6) is 0. The van der Waals surface area contributed by atoms with E-state index in [1.165, 1.54) is 24.7 Å². The minimum atomic E-state index is 1.32. The minimum Gasteiger partial charge on any atom is -0.140 e. The van der Waals surface area contributed by atoms with E-state index in [9.17, 15) is 0 Å². The molecule has 2 heteroatoms. The topological polar surface area (TPSA) is 0 Å². The van der Waals surface area contributed by atoms with E-state index in [-0.39, 0.29) is 0 Å². The Kier molecular flexibility index (Phi) is 2.11. The van der Waals surface area contributed by atoms with E-state index in [4.69, 9.17) is 0 Å². The molecule has 1 aromatic carbocycles. The molecule has 0 aliphatic heterocycles. The Morgan fingerprint density at radius 1 is 0.867 bits per heavy atom. The SMILES string of the molecule is Cc1cc2sc(-c3ccccc3)cc2s1. The van der Waals surface area contributed by atoms with Crippen LogP contribution >= 0.6 is 22.7 Å². The molecule has 0 radical (unpaired) electrons. The number of thiophene rings is 2. The summed E-state index contributed by atoms with van der Waals surface area (Å²) in [4.78, 5) is 2.77. The second-order valence-corrected chi connectivity index (χ2v) is 5.93. The molecule has 15 heavy (non-hydrogen) atoms. The normalized spacial score (nSPS) is 11.0. The lowest BCUT2D eigenvalue weighted by Gasteiger charge is -1.93. The van der Waals surface area contributed by atoms with Gasteiger partial charge < -0.3 is 0 Å². The Labute approximate surface area is 96.8 Å². The van der Waals surface area contributed by atoms with Gasteiger partial charge in [-0.25, -0.2) is 0 Å². The fourth-order valence-corrected chi connectivity index (χ4v) is 4.02. The van der Waals surface area contributed by atoms with Gasteiger partial charge in [-0.1, -0.05) is 30.3 Å². The maximum absolute atomic E-state index is 2.30. The van der Waals surface area contributed by atoms with Crippen molar-refractivity contribution in [3.05, 3.63) is 47.3 Å². The predicted octanol–water partition coefficient (Wildman–Crippen LogP) is 4.94. The van der Waals surface area contributed by atoms with Gasteiger partial charge in [0.05, 0.1) is 0 Å². The molecule has 0 unspecified atom stereocenters. The third kappa shape index (κ3) is 1.60. The van der Waals surface area contributed by atoms with Gasteiger partial charge in [-0.15, -0.1) is 22.7 Å². The molecule has 0 saturated heterocycles. The number of rotatable bonds is 1. The van der Waals surface area contributed by atoms with Crippen molar-refractivity contribution in [2.24, 2.45) is 0 Å². The van der Waals surface area contributed by atoms with Gasteiger partial charge in [-0.3, -0.25) is 0 Å². The van der Waals surface area contributed by atoms with Crippen LogP contribution in [0.2, 0.25) is 0 Å². The molecule has 2 aromatic heterocycles. The molecule has 0 saturated carbocycles. The number of fused-ring (bicyclic) bond motifs is 1. The molecule has 0 atom stereocenters. The highest BCUT2D eigenvalue weighted by Gasteiger charge is 2.05. The zero-order valence-electron chi connectivity index (χ0n) is 8.36. The zero-order valence-corrected chi connectivity index (χ0v) is 9.99. The second-order valence-electron chi connectivity index (χ2n) is 3.56. The zero-order chi connectivity index (χ0) is 10.3. The molecule has 74 valence electrons. The first-order valence-corrected chi connectivity index (χ1v) is 6.51. The van der Waals surface area contributed by atoms with Crippen LogP contribution in [0.4, 0.5) is 0 Å². The van der Waals surface area contributed by atoms with Gasteiger partial charge in [0, 0.05) is 19.2 Å². The third-order valence-electron chi connectivity index (χ3n) is 2.39. The molecular weight excluding hydrogens is 220 g/mol. The monoisotopic (exact) mass is 230 g/mol. The van der Waals surface area contributed by atoms with Crippen LogP contribution < -0.4 is 0 Å². The van der Waals surface area contributed by atoms with Crippen LogP contribution in [0.3, 0.4) is 0 Å². The van der Waals surface area contributed by atoms with Crippen LogP contribution in [0.25, 0.3) is 19.8 Å². The van der Waals surface area contributed by atoms with E-state index in [0.717, 1.165) is 0 Å². The molecule has 0 aliphatic rings. The molecule has 0 nitrogen and oxygen atoms in total. The summed E-state index contributed by atoms with van der Waals surface area (Å²) in [5.41, 5.74) is 1.32. The van der Waals surface area contributed by atoms with Crippen LogP contribution in [-0.4, -0.2) is 0 Å². The lowest BCUT2D eigenvalue weighted by Crippen LogP contribution is -1.67. The van der Waals surface area contributed by atoms with Crippen molar-refractivity contribution in [2.45, 2.75) is 6.92 Å². The predicted molar refractivity (Wildman–Crippen MR) is 69.9 cm³/mol. The van der Waals surface area contributed by atoms with Crippen LogP contribution in [-0.2, 0) is 0 Å². The van der Waals surface area contributed by atoms with Crippen molar-refractivity contribution in [3.63, 3.8) is 0 Å². The van der Waals surface area contributed by atoms with Gasteiger partial charge >= 0.3 is 0 Å². The van der Waals surface area contributed by atoms with Crippen molar-refractivity contribution < 1.29 is 0 Å². The Bertz CT molecular complexity index is 556. The van der Waals surface area contributed by atoms with E-state index < -0.39 is 0 Å². The number of hydrogen-bond acceptors (Lipinski definition) is 2. The first kappa shape index (κ1) is 9.13. The maximum Gasteiger partial charge on any atom is 0.0459 e. The lowest BCUT2D eigenvalue weighted by molar-refractivity contribution is 1.66. The fourth-order valence-electron chi connectivity index (χ4n) is 1.70. The highest BCUT2D eigenvalue weighted by molar-refractivity contribution is 7.29. The molecule has 3 aromatic rings. The second kappa shape index (κ2) is 3.47. The number of aryl methyl sites for hydroxylation is 1. The number of benzene rings is 1. The molecule has 2 heterocycles. The highest BCUT2D eigenvalue weighted by Crippen LogP contribution is 2.37. The third-order valence-corrected chi connectivity index (χ3v) is 4.65. The quantitative estimate of drug-likeness (QED) is 0.555. The summed E-state index contributed by atoms with van der Waals surface area (Å²) in [6, 6.07) is 15.2. The first-order chi connectivity index (χ1) is 7.33. The van der Waals surface area contributed by atoms with Crippen molar-refractivity contribution >= 4 is 32.1 Å². The van der Waals surface area contributed by atoms with E-state index >= 15 is 0 Å². The van der Waals surface area contributed by atoms with Gasteiger partial charge in [0.2, 0.25) is 0 Å². The van der Waals surface area contributed by atoms with Crippen molar-refractivity contribution in [3.8, 4) is 10.4 Å². The summed E-state index contributed by atoms with van der Waals surface area (Å²) in [7, 11) is 0. The van der Waals surface area contributed by atoms with E-state index in [2.05, 4.69) is 49.4 Å². The van der Waals surface area contributed by atoms with Crippen molar-refractivity contribution in [2.75, 3.05) is 0 Å². The molecule has 0 aliphatic carbocycles. The van der Waals surface area contributed by atoms with Crippen LogP contribution in [0.5, 0.6) is 0 Å². The van der Waals surface area contributed by atoms with Crippen LogP contribution in [0.15, 0.2) is 42.5 Å². The van der Waals surface area contributed by atoms with Gasteiger partial charge in [0.15, 0.2) is 0 Å². The molecule has 0 N–H and O–H groups in total. The fraction of sp³-hybridized carbons (Fsp3) is 0.0769. The van der Waals surface area contributed by atoms with Crippen molar-refractivity contribution in [1.29, 1.82) is 0 Å². The van der Waals surface area contributed by atoms with Crippen LogP contribution in [0.1, 0.15) is 4.88 Å². The van der Waals surface area contributed by atoms with Gasteiger partial charge in [-0.2, -0.15) is 0 Å². The Balaban J connectivity index is 2.16. The van der Waals surface area contributed by atoms with E-state index in [1.54, 1.807) is 0 Å². The summed E-state index contributed by atoms with van der Waals surface area (Å²) < 4.78 is 2.83. The summed E-state index contributed by atoms with van der Waals surface area (Å²) in [6.07, 6.45) is 0. The Morgan fingerprint density at radius 3 is 2.33 bits per heavy atom. The van der Waals surface area contributed by atoms with Gasteiger partial charge in [-0.05, 0) is 24.6 Å². The molecule has 0 fully saturated rings. The van der Waals surface area contributed by atoms with Crippen LogP contribution in [0, 0.1) is 6.92 Å². The Hall–Kier alpha value is -1.12. The lowest BCUT2D eigenvalue weighted by atomic mass is 10.2. The minimum absolute atomic E-state index is 1.32. The van der Waals surface area contributed by atoms with E-state index in [1.807, 2.05) is 22.7 Å². The smallest absolute Gasteiger partial charge is 0.0459 e. The highest BCUT2D eigenvalue weighted by atomic mass is 32.1. The standard InChI is InChI=1S/C13H10S2/c1-9-7-12-13(14-9)8-11(15-12)10-5-3-2-4-6-10/h2-8H,1H3. The summed E-state index contributed by atoms with van der Waals surface area (Å²) in [5, 5.41) is 0. The Morgan fingerprint density at radius 2 is 1.60 bits per heavy atom. The largest absolute Gasteiger partial charge is 0.140 e. The molecule has 0 bridgehead atoms. The van der Waals surface area contributed by atoms with Gasteiger partial charge in [0.25, 0.3) is 0 Å². The molecule has 3 rings (SSSR count). The average Bonchev–Trinajstić information content (AvgIpc) is 2.76. The summed E-state index contributed by atoms with van der Waals surface area (Å²) in [6.45, 7) is 2.17. The summed E-state index contributed by atoms with van der Waals surface area (Å²) >= 11 is 3.76. The van der Waals surface area contributed by atoms with E-state index in [0.29, 0.717) is 0 Å². The molecule has 0 spiro atoms. The number of hydrogen-bond donors (Lipinski definition) is 0. The van der Waals surface area contributed by atoms with Crippen molar-refractivity contribution in [1.82, 2.24) is 0 Å². The van der Waals surface area contributed by atoms with Gasteiger partial charge in [0.1, 0.15) is 0 Å². The molecule has 0 amide bonds. The average molecular weight is 230 g/mol. The molecular formula is C13H10S2. The maximum atomic E-state index is 2.30. The first-order valence-electron chi connectivity index (χ1n) is 4.88.